The third-order valence-corrected chi connectivity index (χ3v) is 7.54. The van der Waals surface area contributed by atoms with Gasteiger partial charge < -0.3 is 9.80 Å². The second-order valence-corrected chi connectivity index (χ2v) is 9.40. The zero-order valence-corrected chi connectivity index (χ0v) is 19.0. The van der Waals surface area contributed by atoms with Gasteiger partial charge in [-0.1, -0.05) is 36.5 Å². The Morgan fingerprint density at radius 2 is 1.93 bits per heavy atom. The van der Waals surface area contributed by atoms with Crippen LogP contribution >= 0.6 is 11.8 Å². The third-order valence-electron chi connectivity index (χ3n) is 6.44. The van der Waals surface area contributed by atoms with Gasteiger partial charge in [0.05, 0.1) is 6.04 Å². The van der Waals surface area contributed by atoms with E-state index in [9.17, 15) is 4.79 Å². The van der Waals surface area contributed by atoms with Gasteiger partial charge in [0, 0.05) is 30.2 Å². The van der Waals surface area contributed by atoms with Crippen LogP contribution in [0.3, 0.4) is 0 Å². The molecule has 30 heavy (non-hydrogen) atoms. The second-order valence-electron chi connectivity index (χ2n) is 8.37. The van der Waals surface area contributed by atoms with Crippen LogP contribution in [0.1, 0.15) is 49.8 Å². The fourth-order valence-electron chi connectivity index (χ4n) is 4.83. The van der Waals surface area contributed by atoms with Crippen LogP contribution in [-0.2, 0) is 12.8 Å². The molecule has 0 saturated carbocycles. The average Bonchev–Trinajstić information content (AvgIpc) is 3.01. The van der Waals surface area contributed by atoms with Crippen molar-refractivity contribution in [2.45, 2.75) is 52.0 Å². The molecule has 3 aliphatic rings. The van der Waals surface area contributed by atoms with Crippen LogP contribution in [0, 0.1) is 0 Å². The predicted octanol–water partition coefficient (Wildman–Crippen LogP) is 6.36. The highest BCUT2D eigenvalue weighted by molar-refractivity contribution is 8.17. The molecule has 1 aromatic carbocycles. The number of amides is 1. The van der Waals surface area contributed by atoms with Crippen LogP contribution in [0.5, 0.6) is 0 Å². The molecule has 4 heteroatoms. The molecular weight excluding hydrogens is 388 g/mol. The predicted molar refractivity (Wildman–Crippen MR) is 130 cm³/mol. The van der Waals surface area contributed by atoms with Crippen molar-refractivity contribution < 1.29 is 4.79 Å². The van der Waals surface area contributed by atoms with E-state index >= 15 is 0 Å². The summed E-state index contributed by atoms with van der Waals surface area (Å²) in [6.07, 6.45) is 15.9. The number of anilines is 1. The summed E-state index contributed by atoms with van der Waals surface area (Å²) in [6, 6.07) is 4.86. The first-order valence-corrected chi connectivity index (χ1v) is 12.0. The second kappa shape index (κ2) is 9.30. The molecule has 0 aliphatic carbocycles. The summed E-state index contributed by atoms with van der Waals surface area (Å²) in [4.78, 5) is 18.4. The minimum absolute atomic E-state index is 0.132. The van der Waals surface area contributed by atoms with Crippen molar-refractivity contribution in [2.24, 2.45) is 0 Å². The number of rotatable bonds is 6. The van der Waals surface area contributed by atoms with Gasteiger partial charge in [0.15, 0.2) is 0 Å². The fourth-order valence-corrected chi connectivity index (χ4v) is 5.90. The van der Waals surface area contributed by atoms with Crippen LogP contribution in [0.4, 0.5) is 10.5 Å². The van der Waals surface area contributed by atoms with Crippen LogP contribution in [0.2, 0.25) is 0 Å². The summed E-state index contributed by atoms with van der Waals surface area (Å²) in [7, 11) is 0. The van der Waals surface area contributed by atoms with Crippen molar-refractivity contribution in [3.8, 4) is 0 Å². The quantitative estimate of drug-likeness (QED) is 0.500. The number of thioether (sulfide) groups is 1. The molecule has 0 spiro atoms. The Bertz CT molecular complexity index is 896. The highest BCUT2D eigenvalue weighted by atomic mass is 32.2. The van der Waals surface area contributed by atoms with Gasteiger partial charge in [0.1, 0.15) is 0 Å². The molecule has 1 aromatic rings. The maximum Gasteiger partial charge on any atom is 0.286 e. The largest absolute Gasteiger partial charge is 0.371 e. The molecule has 0 radical (unpaired) electrons. The first-order valence-electron chi connectivity index (χ1n) is 11.2. The summed E-state index contributed by atoms with van der Waals surface area (Å²) in [5.41, 5.74) is 6.99. The third kappa shape index (κ3) is 4.29. The molecule has 3 nitrogen and oxygen atoms in total. The number of aryl methyl sites for hydroxylation is 2. The normalized spacial score (nSPS) is 22.9. The van der Waals surface area contributed by atoms with Crippen molar-refractivity contribution in [2.75, 3.05) is 24.5 Å². The van der Waals surface area contributed by atoms with Gasteiger partial charge in [-0.2, -0.15) is 0 Å². The molecule has 1 atom stereocenters. The van der Waals surface area contributed by atoms with Crippen LogP contribution in [-0.4, -0.2) is 35.8 Å². The standard InChI is InChI=1S/C26H32N2OS/c1-4-6-9-20(5-2)12-15-28-19(3)24(30-26(28)29)18-21-16-22-10-7-13-27-14-8-11-23(17-21)25(22)27/h4-6,9,16-19H,1,7-8,10-15H2,2-3H3/b9-6-,20-5+,24-18+. The van der Waals surface area contributed by atoms with E-state index in [0.717, 1.165) is 13.0 Å². The molecule has 0 aromatic heterocycles. The molecule has 158 valence electrons. The zero-order valence-electron chi connectivity index (χ0n) is 18.2. The Labute approximate surface area is 185 Å². The summed E-state index contributed by atoms with van der Waals surface area (Å²) in [6.45, 7) is 11.1. The zero-order chi connectivity index (χ0) is 21.1. The van der Waals surface area contributed by atoms with E-state index in [1.54, 1.807) is 6.08 Å². The van der Waals surface area contributed by atoms with Gasteiger partial charge in [-0.15, -0.1) is 0 Å². The lowest BCUT2D eigenvalue weighted by Crippen LogP contribution is -2.34. The number of benzene rings is 1. The Morgan fingerprint density at radius 3 is 2.57 bits per heavy atom. The van der Waals surface area contributed by atoms with E-state index in [4.69, 9.17) is 0 Å². The minimum atomic E-state index is 0.132. The van der Waals surface area contributed by atoms with Gasteiger partial charge in [-0.25, -0.2) is 0 Å². The first kappa shape index (κ1) is 21.0. The van der Waals surface area contributed by atoms with E-state index < -0.39 is 0 Å². The van der Waals surface area contributed by atoms with Crippen LogP contribution in [0.15, 0.2) is 53.5 Å². The maximum atomic E-state index is 12.7. The first-order chi connectivity index (χ1) is 14.6. The van der Waals surface area contributed by atoms with Crippen molar-refractivity contribution in [3.63, 3.8) is 0 Å². The van der Waals surface area contributed by atoms with Gasteiger partial charge in [-0.3, -0.25) is 4.79 Å². The monoisotopic (exact) mass is 420 g/mol. The van der Waals surface area contributed by atoms with Crippen molar-refractivity contribution in [1.29, 1.82) is 0 Å². The lowest BCUT2D eigenvalue weighted by atomic mass is 9.90. The van der Waals surface area contributed by atoms with Crippen molar-refractivity contribution in [1.82, 2.24) is 4.90 Å². The fraction of sp³-hybridized carbons (Fsp3) is 0.423. The SMILES string of the molecule is C=C/C=C\C(=C/C)CCN1C(=O)S/C(=C/c2cc3c4c(c2)CCCN4CCC3)C1C. The average molecular weight is 421 g/mol. The van der Waals surface area contributed by atoms with Gasteiger partial charge >= 0.3 is 0 Å². The summed E-state index contributed by atoms with van der Waals surface area (Å²) in [5, 5.41) is 0.169. The lowest BCUT2D eigenvalue weighted by molar-refractivity contribution is 0.219. The molecule has 0 N–H and O–H groups in total. The number of hydrogen-bond donors (Lipinski definition) is 0. The Morgan fingerprint density at radius 1 is 1.23 bits per heavy atom. The van der Waals surface area contributed by atoms with Crippen molar-refractivity contribution in [3.05, 3.63) is 70.2 Å². The Kier molecular flexibility index (Phi) is 6.52. The Balaban J connectivity index is 1.52. The molecule has 1 saturated heterocycles. The van der Waals surface area contributed by atoms with Gasteiger partial charge in [0.2, 0.25) is 0 Å². The Hall–Kier alpha value is -2.20. The van der Waals surface area contributed by atoms with Gasteiger partial charge in [-0.05, 0) is 92.6 Å². The molecule has 4 rings (SSSR count). The van der Waals surface area contributed by atoms with E-state index in [2.05, 4.69) is 48.8 Å². The van der Waals surface area contributed by atoms with Crippen LogP contribution < -0.4 is 4.90 Å². The number of allylic oxidation sites excluding steroid dienone is 4. The molecule has 1 amide bonds. The summed E-state index contributed by atoms with van der Waals surface area (Å²) < 4.78 is 0. The number of nitrogens with zero attached hydrogens (tertiary/aromatic N) is 2. The molecule has 1 fully saturated rings. The summed E-state index contributed by atoms with van der Waals surface area (Å²) in [5.74, 6) is 0. The number of hydrogen-bond acceptors (Lipinski definition) is 3. The van der Waals surface area contributed by atoms with Crippen molar-refractivity contribution >= 4 is 28.8 Å². The minimum Gasteiger partial charge on any atom is -0.371 e. The topological polar surface area (TPSA) is 23.6 Å². The molecule has 3 heterocycles. The van der Waals surface area contributed by atoms with Crippen LogP contribution in [0.25, 0.3) is 6.08 Å². The van der Waals surface area contributed by atoms with Gasteiger partial charge in [0.25, 0.3) is 5.24 Å². The summed E-state index contributed by atoms with van der Waals surface area (Å²) >= 11 is 1.40. The molecular formula is C26H32N2OS. The lowest BCUT2D eigenvalue weighted by Gasteiger charge is -2.37. The smallest absolute Gasteiger partial charge is 0.286 e. The van der Waals surface area contributed by atoms with E-state index in [1.807, 2.05) is 17.9 Å². The highest BCUT2D eigenvalue weighted by Gasteiger charge is 2.33. The molecule has 3 aliphatic heterocycles. The van der Waals surface area contributed by atoms with E-state index in [1.165, 1.54) is 83.4 Å². The molecule has 1 unspecified atom stereocenters. The maximum absolute atomic E-state index is 12.7. The van der Waals surface area contributed by atoms with E-state index in [-0.39, 0.29) is 11.3 Å². The highest BCUT2D eigenvalue weighted by Crippen LogP contribution is 2.40. The van der Waals surface area contributed by atoms with E-state index in [0.29, 0.717) is 0 Å². The number of carbonyl (C=O) groups excluding carboxylic acids is 1. The number of carbonyl (C=O) groups is 1. The molecule has 0 bridgehead atoms.